The van der Waals surface area contributed by atoms with Crippen LogP contribution in [0.25, 0.3) is 0 Å². The number of rotatable bonds is 3. The van der Waals surface area contributed by atoms with Gasteiger partial charge in [0.25, 0.3) is 0 Å². The van der Waals surface area contributed by atoms with E-state index in [2.05, 4.69) is 5.32 Å². The molecule has 0 unspecified atom stereocenters. The maximum atomic E-state index is 12.3. The second-order valence-corrected chi connectivity index (χ2v) is 4.54. The van der Waals surface area contributed by atoms with Crippen LogP contribution >= 0.6 is 0 Å². The molecule has 0 radical (unpaired) electrons. The van der Waals surface area contributed by atoms with Crippen LogP contribution in [0.4, 0.5) is 13.2 Å². The topological polar surface area (TPSA) is 55.1 Å². The maximum absolute atomic E-state index is 12.3. The molecule has 0 atom stereocenters. The van der Waals surface area contributed by atoms with Crippen LogP contribution in [0.5, 0.6) is 0 Å². The van der Waals surface area contributed by atoms with E-state index in [1.54, 1.807) is 24.3 Å². The van der Waals surface area contributed by atoms with Gasteiger partial charge in [0.2, 0.25) is 5.91 Å². The minimum Gasteiger partial charge on any atom is -0.368 e. The Morgan fingerprint density at radius 1 is 1.28 bits per heavy atom. The fraction of sp³-hybridized carbons (Fsp3) is 0.417. The van der Waals surface area contributed by atoms with Crippen LogP contribution in [0, 0.1) is 0 Å². The smallest absolute Gasteiger partial charge is 0.368 e. The van der Waals surface area contributed by atoms with Crippen LogP contribution in [0.2, 0.25) is 0 Å². The van der Waals surface area contributed by atoms with Gasteiger partial charge in [0.15, 0.2) is 0 Å². The van der Waals surface area contributed by atoms with Crippen molar-refractivity contribution < 1.29 is 18.0 Å². The van der Waals surface area contributed by atoms with Crippen LogP contribution < -0.4 is 11.1 Å². The van der Waals surface area contributed by atoms with Gasteiger partial charge in [-0.3, -0.25) is 10.1 Å². The average Bonchev–Trinajstić information content (AvgIpc) is 2.65. The van der Waals surface area contributed by atoms with E-state index in [-0.39, 0.29) is 12.8 Å². The molecule has 0 fully saturated rings. The lowest BCUT2D eigenvalue weighted by atomic mass is 9.95. The Morgan fingerprint density at radius 2 is 1.78 bits per heavy atom. The molecule has 1 aliphatic rings. The number of fused-ring (bicyclic) bond motifs is 1. The van der Waals surface area contributed by atoms with Gasteiger partial charge in [-0.1, -0.05) is 24.3 Å². The summed E-state index contributed by atoms with van der Waals surface area (Å²) in [6.07, 6.45) is -3.96. The van der Waals surface area contributed by atoms with Crippen molar-refractivity contribution in [2.45, 2.75) is 24.6 Å². The van der Waals surface area contributed by atoms with Crippen LogP contribution in [0.1, 0.15) is 11.1 Å². The minimum atomic E-state index is -4.36. The van der Waals surface area contributed by atoms with E-state index in [0.29, 0.717) is 0 Å². The van der Waals surface area contributed by atoms with Crippen LogP contribution in [0.15, 0.2) is 24.3 Å². The Bertz CT molecular complexity index is 446. The zero-order valence-electron chi connectivity index (χ0n) is 9.55. The number of hydrogen-bond donors (Lipinski definition) is 2. The van der Waals surface area contributed by atoms with Crippen molar-refractivity contribution in [1.29, 1.82) is 0 Å². The molecule has 0 heterocycles. The molecule has 0 bridgehead atoms. The SMILES string of the molecule is NC(=O)C1(NCC(F)(F)F)Cc2ccccc2C1. The van der Waals surface area contributed by atoms with E-state index in [4.69, 9.17) is 5.73 Å². The van der Waals surface area contributed by atoms with Crippen molar-refractivity contribution in [2.24, 2.45) is 5.73 Å². The molecule has 0 spiro atoms. The highest BCUT2D eigenvalue weighted by atomic mass is 19.4. The van der Waals surface area contributed by atoms with Crippen molar-refractivity contribution in [2.75, 3.05) is 6.54 Å². The first-order valence-electron chi connectivity index (χ1n) is 5.51. The number of nitrogens with one attached hydrogen (secondary N) is 1. The summed E-state index contributed by atoms with van der Waals surface area (Å²) in [5.74, 6) is -0.747. The third-order valence-corrected chi connectivity index (χ3v) is 3.20. The number of hydrogen-bond acceptors (Lipinski definition) is 2. The zero-order valence-corrected chi connectivity index (χ0v) is 9.55. The quantitative estimate of drug-likeness (QED) is 0.854. The van der Waals surface area contributed by atoms with E-state index >= 15 is 0 Å². The van der Waals surface area contributed by atoms with E-state index in [0.717, 1.165) is 11.1 Å². The molecule has 98 valence electrons. The number of amides is 1. The molecule has 2 rings (SSSR count). The molecular weight excluding hydrogens is 245 g/mol. The van der Waals surface area contributed by atoms with Gasteiger partial charge in [0.1, 0.15) is 5.54 Å². The number of alkyl halides is 3. The second-order valence-electron chi connectivity index (χ2n) is 4.54. The summed E-state index contributed by atoms with van der Waals surface area (Å²) < 4.78 is 36.8. The van der Waals surface area contributed by atoms with Crippen molar-refractivity contribution in [3.05, 3.63) is 35.4 Å². The lowest BCUT2D eigenvalue weighted by Gasteiger charge is -2.27. The fourth-order valence-electron chi connectivity index (χ4n) is 2.27. The molecule has 6 heteroatoms. The molecule has 0 aliphatic heterocycles. The summed E-state index contributed by atoms with van der Waals surface area (Å²) in [6, 6.07) is 7.18. The highest BCUT2D eigenvalue weighted by molar-refractivity contribution is 5.86. The summed E-state index contributed by atoms with van der Waals surface area (Å²) in [4.78, 5) is 11.5. The molecule has 1 aromatic carbocycles. The summed E-state index contributed by atoms with van der Waals surface area (Å²) in [6.45, 7) is -1.22. The molecular formula is C12H13F3N2O. The zero-order chi connectivity index (χ0) is 13.4. The summed E-state index contributed by atoms with van der Waals surface area (Å²) in [7, 11) is 0. The third kappa shape index (κ3) is 2.48. The number of carbonyl (C=O) groups is 1. The fourth-order valence-corrected chi connectivity index (χ4v) is 2.27. The predicted molar refractivity (Wildman–Crippen MR) is 59.8 cm³/mol. The summed E-state index contributed by atoms with van der Waals surface area (Å²) in [5, 5.41) is 2.28. The first-order valence-corrected chi connectivity index (χ1v) is 5.51. The molecule has 0 aromatic heterocycles. The van der Waals surface area contributed by atoms with E-state index < -0.39 is 24.2 Å². The molecule has 1 aromatic rings. The molecule has 1 amide bonds. The van der Waals surface area contributed by atoms with Gasteiger partial charge in [0.05, 0.1) is 6.54 Å². The Balaban J connectivity index is 2.20. The maximum Gasteiger partial charge on any atom is 0.401 e. The number of carbonyl (C=O) groups excluding carboxylic acids is 1. The normalized spacial score (nSPS) is 17.5. The molecule has 3 N–H and O–H groups in total. The van der Waals surface area contributed by atoms with Crippen LogP contribution in [-0.4, -0.2) is 24.2 Å². The van der Waals surface area contributed by atoms with Gasteiger partial charge < -0.3 is 5.73 Å². The van der Waals surface area contributed by atoms with Crippen molar-refractivity contribution in [3.8, 4) is 0 Å². The lowest BCUT2D eigenvalue weighted by molar-refractivity contribution is -0.135. The lowest BCUT2D eigenvalue weighted by Crippen LogP contribution is -2.58. The molecule has 0 saturated heterocycles. The highest BCUT2D eigenvalue weighted by Crippen LogP contribution is 2.30. The van der Waals surface area contributed by atoms with Gasteiger partial charge in [-0.2, -0.15) is 13.2 Å². The number of nitrogens with two attached hydrogens (primary N) is 1. The van der Waals surface area contributed by atoms with E-state index in [1.165, 1.54) is 0 Å². The van der Waals surface area contributed by atoms with Crippen LogP contribution in [0.3, 0.4) is 0 Å². The van der Waals surface area contributed by atoms with Gasteiger partial charge in [-0.15, -0.1) is 0 Å². The first-order chi connectivity index (χ1) is 8.32. The molecule has 3 nitrogen and oxygen atoms in total. The summed E-state index contributed by atoms with van der Waals surface area (Å²) in [5.41, 5.74) is 5.69. The highest BCUT2D eigenvalue weighted by Gasteiger charge is 2.44. The van der Waals surface area contributed by atoms with Crippen LogP contribution in [-0.2, 0) is 17.6 Å². The minimum absolute atomic E-state index is 0.203. The van der Waals surface area contributed by atoms with E-state index in [9.17, 15) is 18.0 Å². The number of halogens is 3. The largest absolute Gasteiger partial charge is 0.401 e. The van der Waals surface area contributed by atoms with Gasteiger partial charge in [-0.05, 0) is 11.1 Å². The second kappa shape index (κ2) is 4.28. The summed E-state index contributed by atoms with van der Waals surface area (Å²) >= 11 is 0. The average molecular weight is 258 g/mol. The van der Waals surface area contributed by atoms with Gasteiger partial charge in [-0.25, -0.2) is 0 Å². The van der Waals surface area contributed by atoms with E-state index in [1.807, 2.05) is 0 Å². The first kappa shape index (κ1) is 12.9. The Hall–Kier alpha value is -1.56. The third-order valence-electron chi connectivity index (χ3n) is 3.20. The predicted octanol–water partition coefficient (Wildman–Crippen LogP) is 1.16. The Morgan fingerprint density at radius 3 is 2.17 bits per heavy atom. The van der Waals surface area contributed by atoms with Crippen molar-refractivity contribution in [1.82, 2.24) is 5.32 Å². The number of benzene rings is 1. The Kier molecular flexibility index (Phi) is 3.06. The van der Waals surface area contributed by atoms with Gasteiger partial charge >= 0.3 is 6.18 Å². The van der Waals surface area contributed by atoms with Gasteiger partial charge in [0, 0.05) is 12.8 Å². The standard InChI is InChI=1S/C12H13F3N2O/c13-12(14,15)7-17-11(10(16)18)5-8-3-1-2-4-9(8)6-11/h1-4,17H,5-7H2,(H2,16,18). The van der Waals surface area contributed by atoms with Crippen molar-refractivity contribution >= 4 is 5.91 Å². The monoisotopic (exact) mass is 258 g/mol. The Labute approximate surface area is 102 Å². The molecule has 0 saturated carbocycles. The van der Waals surface area contributed by atoms with Crippen molar-refractivity contribution in [3.63, 3.8) is 0 Å². The molecule has 1 aliphatic carbocycles. The molecule has 18 heavy (non-hydrogen) atoms. The number of primary amides is 1.